The number of hydrogen-bond donors (Lipinski definition) is 2. The number of sulfonamides is 1. The first-order valence-corrected chi connectivity index (χ1v) is 9.41. The van der Waals surface area contributed by atoms with Crippen molar-refractivity contribution in [3.8, 4) is 5.75 Å². The lowest BCUT2D eigenvalue weighted by Gasteiger charge is -2.11. The lowest BCUT2D eigenvalue weighted by Crippen LogP contribution is -2.22. The van der Waals surface area contributed by atoms with Crippen molar-refractivity contribution >= 4 is 31.5 Å². The van der Waals surface area contributed by atoms with Crippen LogP contribution in [0.2, 0.25) is 0 Å². The van der Waals surface area contributed by atoms with Gasteiger partial charge in [-0.15, -0.1) is 0 Å². The number of benzene rings is 1. The molecule has 3 N–H and O–H groups in total. The molecular weight excluding hydrogens is 320 g/mol. The zero-order valence-corrected chi connectivity index (χ0v) is 13.1. The quantitative estimate of drug-likeness (QED) is 0.734. The Bertz CT molecular complexity index is 740. The fraction of sp³-hybridized carbons (Fsp3) is 0.364. The van der Waals surface area contributed by atoms with Gasteiger partial charge in [0.1, 0.15) is 16.4 Å². The predicted octanol–water partition coefficient (Wildman–Crippen LogP) is -0.284. The maximum absolute atomic E-state index is 11.5. The van der Waals surface area contributed by atoms with Crippen LogP contribution in [0.5, 0.6) is 5.75 Å². The van der Waals surface area contributed by atoms with Crippen LogP contribution in [0.25, 0.3) is 0 Å². The number of hydrogen-bond acceptors (Lipinski definition) is 6. The van der Waals surface area contributed by atoms with Crippen molar-refractivity contribution in [1.29, 1.82) is 0 Å². The van der Waals surface area contributed by atoms with Gasteiger partial charge in [0, 0.05) is 11.9 Å². The Morgan fingerprint density at radius 1 is 1.29 bits per heavy atom. The molecule has 0 saturated heterocycles. The first-order valence-electron chi connectivity index (χ1n) is 5.80. The summed E-state index contributed by atoms with van der Waals surface area (Å²) in [6, 6.07) is 3.83. The van der Waals surface area contributed by atoms with Gasteiger partial charge in [0.25, 0.3) is 0 Å². The standard InChI is InChI=1S/C11H16N2O6S2/c1-3-19-9-5-4-8(6-10(9)21(12,17)18)13-11(14)7-20(2,15)16/h4-6H,3,7H2,1-2H3,(H,13,14)(H2,12,17,18). The Morgan fingerprint density at radius 3 is 2.38 bits per heavy atom. The molecule has 1 aromatic rings. The summed E-state index contributed by atoms with van der Waals surface area (Å²) in [5, 5.41) is 7.36. The Morgan fingerprint density at radius 2 is 1.90 bits per heavy atom. The second-order valence-electron chi connectivity index (χ2n) is 4.26. The van der Waals surface area contributed by atoms with E-state index < -0.39 is 31.5 Å². The molecule has 0 spiro atoms. The average Bonchev–Trinajstić information content (AvgIpc) is 2.27. The third-order valence-corrected chi connectivity index (χ3v) is 3.95. The molecule has 118 valence electrons. The van der Waals surface area contributed by atoms with Crippen molar-refractivity contribution < 1.29 is 26.4 Å². The summed E-state index contributed by atoms with van der Waals surface area (Å²) in [5.41, 5.74) is 0.108. The Balaban J connectivity index is 3.09. The van der Waals surface area contributed by atoms with Crippen molar-refractivity contribution in [2.24, 2.45) is 5.14 Å². The zero-order chi connectivity index (χ0) is 16.3. The van der Waals surface area contributed by atoms with Crippen molar-refractivity contribution in [2.75, 3.05) is 23.9 Å². The van der Waals surface area contributed by atoms with E-state index in [1.54, 1.807) is 6.92 Å². The molecule has 1 aromatic carbocycles. The molecule has 10 heteroatoms. The highest BCUT2D eigenvalue weighted by atomic mass is 32.2. The fourth-order valence-electron chi connectivity index (χ4n) is 1.52. The van der Waals surface area contributed by atoms with E-state index >= 15 is 0 Å². The van der Waals surface area contributed by atoms with Gasteiger partial charge in [-0.1, -0.05) is 0 Å². The lowest BCUT2D eigenvalue weighted by atomic mass is 10.3. The Kier molecular flexibility index (Phi) is 5.31. The van der Waals surface area contributed by atoms with Crippen LogP contribution in [-0.4, -0.2) is 41.4 Å². The topological polar surface area (TPSA) is 133 Å². The molecule has 0 aliphatic heterocycles. The molecule has 0 aliphatic carbocycles. The van der Waals surface area contributed by atoms with Gasteiger partial charge in [0.2, 0.25) is 15.9 Å². The van der Waals surface area contributed by atoms with E-state index in [1.807, 2.05) is 0 Å². The van der Waals surface area contributed by atoms with Gasteiger partial charge in [0.05, 0.1) is 6.61 Å². The minimum absolute atomic E-state index is 0.0566. The summed E-state index contributed by atoms with van der Waals surface area (Å²) in [6.07, 6.45) is 0.917. The first-order chi connectivity index (χ1) is 9.53. The number of rotatable bonds is 6. The lowest BCUT2D eigenvalue weighted by molar-refractivity contribution is -0.113. The molecule has 1 rings (SSSR count). The predicted molar refractivity (Wildman–Crippen MR) is 77.3 cm³/mol. The molecule has 21 heavy (non-hydrogen) atoms. The highest BCUT2D eigenvalue weighted by molar-refractivity contribution is 7.91. The summed E-state index contributed by atoms with van der Waals surface area (Å²) >= 11 is 0. The van der Waals surface area contributed by atoms with Crippen LogP contribution in [0.4, 0.5) is 5.69 Å². The van der Waals surface area contributed by atoms with Crippen LogP contribution >= 0.6 is 0 Å². The number of nitrogens with two attached hydrogens (primary N) is 1. The smallest absolute Gasteiger partial charge is 0.241 e. The van der Waals surface area contributed by atoms with Gasteiger partial charge in [-0.2, -0.15) is 0 Å². The van der Waals surface area contributed by atoms with Crippen molar-refractivity contribution in [2.45, 2.75) is 11.8 Å². The van der Waals surface area contributed by atoms with Crippen molar-refractivity contribution in [3.63, 3.8) is 0 Å². The SMILES string of the molecule is CCOc1ccc(NC(=O)CS(C)(=O)=O)cc1S(N)(=O)=O. The van der Waals surface area contributed by atoms with Crippen LogP contribution in [0.15, 0.2) is 23.1 Å². The molecule has 0 bridgehead atoms. The van der Waals surface area contributed by atoms with Gasteiger partial charge in [0.15, 0.2) is 9.84 Å². The van der Waals surface area contributed by atoms with Crippen LogP contribution in [0.3, 0.4) is 0 Å². The molecule has 0 fully saturated rings. The first kappa shape index (κ1) is 17.4. The minimum atomic E-state index is -4.04. The number of carbonyl (C=O) groups excluding carboxylic acids is 1. The number of ether oxygens (including phenoxy) is 1. The number of primary sulfonamides is 1. The summed E-state index contributed by atoms with van der Waals surface area (Å²) in [7, 11) is -7.52. The molecule has 0 saturated carbocycles. The summed E-state index contributed by atoms with van der Waals surface area (Å²) in [5.74, 6) is -1.42. The molecular formula is C11H16N2O6S2. The zero-order valence-electron chi connectivity index (χ0n) is 11.5. The van der Waals surface area contributed by atoms with Crippen molar-refractivity contribution in [1.82, 2.24) is 0 Å². The average molecular weight is 336 g/mol. The van der Waals surface area contributed by atoms with E-state index in [9.17, 15) is 21.6 Å². The summed E-state index contributed by atoms with van der Waals surface area (Å²) < 4.78 is 50.1. The number of anilines is 1. The van der Waals surface area contributed by atoms with E-state index in [0.29, 0.717) is 0 Å². The van der Waals surface area contributed by atoms with Gasteiger partial charge >= 0.3 is 0 Å². The third kappa shape index (κ3) is 5.69. The van der Waals surface area contributed by atoms with Crippen LogP contribution in [-0.2, 0) is 24.7 Å². The van der Waals surface area contributed by atoms with Crippen LogP contribution in [0, 0.1) is 0 Å². The molecule has 0 aromatic heterocycles. The molecule has 8 nitrogen and oxygen atoms in total. The number of nitrogens with one attached hydrogen (secondary N) is 1. The van der Waals surface area contributed by atoms with Gasteiger partial charge < -0.3 is 10.1 Å². The summed E-state index contributed by atoms with van der Waals surface area (Å²) in [4.78, 5) is 11.2. The Hall–Kier alpha value is -1.65. The van der Waals surface area contributed by atoms with Crippen LogP contribution < -0.4 is 15.2 Å². The molecule has 0 radical (unpaired) electrons. The molecule has 0 aliphatic rings. The van der Waals surface area contributed by atoms with Crippen molar-refractivity contribution in [3.05, 3.63) is 18.2 Å². The Labute approximate surface area is 123 Å². The second-order valence-corrected chi connectivity index (χ2v) is 7.93. The maximum atomic E-state index is 11.5. The second kappa shape index (κ2) is 6.41. The fourth-order valence-corrected chi connectivity index (χ4v) is 2.77. The highest BCUT2D eigenvalue weighted by Crippen LogP contribution is 2.26. The normalized spacial score (nSPS) is 12.0. The molecule has 0 heterocycles. The number of amides is 1. The van der Waals surface area contributed by atoms with E-state index in [1.165, 1.54) is 12.1 Å². The molecule has 0 atom stereocenters. The monoisotopic (exact) mass is 336 g/mol. The maximum Gasteiger partial charge on any atom is 0.241 e. The number of sulfone groups is 1. The van der Waals surface area contributed by atoms with E-state index in [2.05, 4.69) is 5.32 Å². The van der Waals surface area contributed by atoms with E-state index in [0.717, 1.165) is 12.3 Å². The highest BCUT2D eigenvalue weighted by Gasteiger charge is 2.17. The third-order valence-electron chi connectivity index (χ3n) is 2.23. The van der Waals surface area contributed by atoms with Gasteiger partial charge in [-0.05, 0) is 25.1 Å². The van der Waals surface area contributed by atoms with Gasteiger partial charge in [-0.3, -0.25) is 4.79 Å². The largest absolute Gasteiger partial charge is 0.492 e. The number of carbonyl (C=O) groups is 1. The minimum Gasteiger partial charge on any atom is -0.492 e. The van der Waals surface area contributed by atoms with Gasteiger partial charge in [-0.25, -0.2) is 22.0 Å². The van der Waals surface area contributed by atoms with Crippen LogP contribution in [0.1, 0.15) is 6.92 Å². The molecule has 1 amide bonds. The molecule has 0 unspecified atom stereocenters. The van der Waals surface area contributed by atoms with E-state index in [-0.39, 0.29) is 22.9 Å². The summed E-state index contributed by atoms with van der Waals surface area (Å²) in [6.45, 7) is 1.91. The van der Waals surface area contributed by atoms with E-state index in [4.69, 9.17) is 9.88 Å².